The average molecular weight is 366 g/mol. The zero-order valence-corrected chi connectivity index (χ0v) is 15.6. The minimum atomic E-state index is -0.352. The Kier molecular flexibility index (Phi) is 4.51. The van der Waals surface area contributed by atoms with Crippen molar-refractivity contribution in [3.05, 3.63) is 67.8 Å². The fourth-order valence-corrected chi connectivity index (χ4v) is 3.61. The Hall–Kier alpha value is -2.96. The Morgan fingerprint density at radius 3 is 2.56 bits per heavy atom. The molecule has 0 atom stereocenters. The van der Waals surface area contributed by atoms with E-state index in [0.717, 1.165) is 36.1 Å². The predicted molar refractivity (Wildman–Crippen MR) is 101 cm³/mol. The van der Waals surface area contributed by atoms with Gasteiger partial charge in [-0.25, -0.2) is 4.79 Å². The topological polar surface area (TPSA) is 82.9 Å². The lowest BCUT2D eigenvalue weighted by Crippen LogP contribution is -2.42. The number of rotatable bonds is 3. The molecule has 1 aromatic carbocycles. The van der Waals surface area contributed by atoms with E-state index >= 15 is 0 Å². The summed E-state index contributed by atoms with van der Waals surface area (Å²) >= 11 is 0. The van der Waals surface area contributed by atoms with Gasteiger partial charge in [0.15, 0.2) is 0 Å². The van der Waals surface area contributed by atoms with E-state index in [4.69, 9.17) is 4.52 Å². The quantitative estimate of drug-likeness (QED) is 0.711. The molecule has 0 N–H and O–H groups in total. The normalized spacial score (nSPS) is 14.0. The summed E-state index contributed by atoms with van der Waals surface area (Å²) in [5, 5.41) is 3.96. The zero-order valence-electron chi connectivity index (χ0n) is 15.6. The first kappa shape index (κ1) is 17.5. The molecule has 0 fully saturated rings. The van der Waals surface area contributed by atoms with Crippen molar-refractivity contribution in [2.45, 2.75) is 52.6 Å². The minimum absolute atomic E-state index is 0.224. The fourth-order valence-electron chi connectivity index (χ4n) is 3.61. The van der Waals surface area contributed by atoms with Gasteiger partial charge in [0.05, 0.1) is 6.54 Å². The van der Waals surface area contributed by atoms with Gasteiger partial charge in [-0.05, 0) is 31.7 Å². The van der Waals surface area contributed by atoms with Crippen LogP contribution in [0.1, 0.15) is 42.0 Å². The molecule has 7 heteroatoms. The van der Waals surface area contributed by atoms with Crippen LogP contribution in [0.25, 0.3) is 11.4 Å². The van der Waals surface area contributed by atoms with Gasteiger partial charge in [-0.1, -0.05) is 41.4 Å². The number of hydrogen-bond acceptors (Lipinski definition) is 5. The Balaban J connectivity index is 1.93. The molecule has 3 aromatic rings. The second-order valence-electron chi connectivity index (χ2n) is 7.08. The first-order chi connectivity index (χ1) is 13.0. The summed E-state index contributed by atoms with van der Waals surface area (Å²) in [6.45, 7) is 4.52. The minimum Gasteiger partial charge on any atom is -0.339 e. The van der Waals surface area contributed by atoms with E-state index in [1.807, 2.05) is 31.2 Å². The molecule has 0 spiro atoms. The number of aryl methyl sites for hydroxylation is 2. The van der Waals surface area contributed by atoms with E-state index in [9.17, 15) is 9.59 Å². The molecule has 7 nitrogen and oxygen atoms in total. The third-order valence-corrected chi connectivity index (χ3v) is 5.04. The summed E-state index contributed by atoms with van der Waals surface area (Å²) < 4.78 is 8.12. The lowest BCUT2D eigenvalue weighted by molar-refractivity contribution is 0.394. The van der Waals surface area contributed by atoms with Crippen molar-refractivity contribution in [3.8, 4) is 11.4 Å². The Morgan fingerprint density at radius 2 is 1.85 bits per heavy atom. The number of aromatic nitrogens is 4. The lowest BCUT2D eigenvalue weighted by Gasteiger charge is -2.16. The number of hydrogen-bond donors (Lipinski definition) is 0. The number of fused-ring (bicyclic) bond motifs is 1. The van der Waals surface area contributed by atoms with Crippen LogP contribution in [-0.4, -0.2) is 19.3 Å². The van der Waals surface area contributed by atoms with Crippen LogP contribution in [0.15, 0.2) is 38.4 Å². The van der Waals surface area contributed by atoms with E-state index in [-0.39, 0.29) is 23.6 Å². The van der Waals surface area contributed by atoms with Crippen LogP contribution < -0.4 is 11.2 Å². The van der Waals surface area contributed by atoms with Gasteiger partial charge in [-0.3, -0.25) is 13.9 Å². The Labute approximate surface area is 156 Å². The first-order valence-electron chi connectivity index (χ1n) is 9.27. The maximum absolute atomic E-state index is 13.3. The molecule has 0 amide bonds. The smallest absolute Gasteiger partial charge is 0.331 e. The van der Waals surface area contributed by atoms with Crippen LogP contribution in [0.5, 0.6) is 0 Å². The molecular weight excluding hydrogens is 344 g/mol. The summed E-state index contributed by atoms with van der Waals surface area (Å²) in [5.41, 5.74) is 2.54. The van der Waals surface area contributed by atoms with Gasteiger partial charge in [-0.15, -0.1) is 0 Å². The van der Waals surface area contributed by atoms with Gasteiger partial charge in [0.1, 0.15) is 5.56 Å². The van der Waals surface area contributed by atoms with E-state index in [2.05, 4.69) is 10.1 Å². The lowest BCUT2D eigenvalue weighted by atomic mass is 10.1. The van der Waals surface area contributed by atoms with Crippen molar-refractivity contribution >= 4 is 0 Å². The van der Waals surface area contributed by atoms with Gasteiger partial charge >= 0.3 is 5.69 Å². The highest BCUT2D eigenvalue weighted by Gasteiger charge is 2.24. The summed E-state index contributed by atoms with van der Waals surface area (Å²) in [6, 6.07) is 7.83. The van der Waals surface area contributed by atoms with E-state index < -0.39 is 0 Å². The highest BCUT2D eigenvalue weighted by molar-refractivity contribution is 5.56. The van der Waals surface area contributed by atoms with Crippen LogP contribution >= 0.6 is 0 Å². The molecule has 1 aliphatic rings. The van der Waals surface area contributed by atoms with Gasteiger partial charge < -0.3 is 4.52 Å². The third-order valence-electron chi connectivity index (χ3n) is 5.04. The molecule has 27 heavy (non-hydrogen) atoms. The molecule has 2 aromatic heterocycles. The van der Waals surface area contributed by atoms with Crippen LogP contribution in [0.4, 0.5) is 0 Å². The van der Waals surface area contributed by atoms with E-state index in [1.54, 1.807) is 11.5 Å². The molecule has 3 heterocycles. The molecule has 1 aliphatic heterocycles. The molecule has 0 aliphatic carbocycles. The number of benzene rings is 1. The van der Waals surface area contributed by atoms with Crippen molar-refractivity contribution in [1.29, 1.82) is 0 Å². The van der Waals surface area contributed by atoms with Crippen molar-refractivity contribution in [2.75, 3.05) is 0 Å². The van der Waals surface area contributed by atoms with Crippen LogP contribution in [0, 0.1) is 13.8 Å². The van der Waals surface area contributed by atoms with Crippen LogP contribution in [-0.2, 0) is 19.5 Å². The molecule has 140 valence electrons. The Bertz CT molecular complexity index is 1090. The molecule has 0 saturated heterocycles. The predicted octanol–water partition coefficient (Wildman–Crippen LogP) is 2.45. The van der Waals surface area contributed by atoms with Gasteiger partial charge in [-0.2, -0.15) is 4.98 Å². The first-order valence-corrected chi connectivity index (χ1v) is 9.27. The molecule has 0 radical (unpaired) electrons. The highest BCUT2D eigenvalue weighted by Crippen LogP contribution is 2.21. The molecule has 0 unspecified atom stereocenters. The largest absolute Gasteiger partial charge is 0.339 e. The second kappa shape index (κ2) is 6.98. The molecule has 0 bridgehead atoms. The van der Waals surface area contributed by atoms with E-state index in [0.29, 0.717) is 24.4 Å². The van der Waals surface area contributed by atoms with Crippen LogP contribution in [0.2, 0.25) is 0 Å². The molecule has 4 rings (SSSR count). The summed E-state index contributed by atoms with van der Waals surface area (Å²) in [6.07, 6.45) is 3.54. The highest BCUT2D eigenvalue weighted by atomic mass is 16.5. The maximum Gasteiger partial charge on any atom is 0.331 e. The van der Waals surface area contributed by atoms with Crippen molar-refractivity contribution in [2.24, 2.45) is 0 Å². The van der Waals surface area contributed by atoms with Gasteiger partial charge in [0, 0.05) is 19.2 Å². The zero-order chi connectivity index (χ0) is 19.0. The van der Waals surface area contributed by atoms with Crippen molar-refractivity contribution in [1.82, 2.24) is 19.3 Å². The molecular formula is C20H22N4O3. The SMILES string of the molecule is Cc1ccc(Cn2c(=O)c(-c3noc(C)n3)c3n(c2=O)CCCCC3)cc1. The van der Waals surface area contributed by atoms with Crippen molar-refractivity contribution < 1.29 is 4.52 Å². The average Bonchev–Trinajstić information content (AvgIpc) is 2.93. The van der Waals surface area contributed by atoms with Gasteiger partial charge in [0.25, 0.3) is 5.56 Å². The fraction of sp³-hybridized carbons (Fsp3) is 0.400. The second-order valence-corrected chi connectivity index (χ2v) is 7.08. The Morgan fingerprint density at radius 1 is 1.07 bits per heavy atom. The van der Waals surface area contributed by atoms with Gasteiger partial charge in [0.2, 0.25) is 11.7 Å². The van der Waals surface area contributed by atoms with Crippen molar-refractivity contribution in [3.63, 3.8) is 0 Å². The summed E-state index contributed by atoms with van der Waals surface area (Å²) in [5.74, 6) is 0.661. The van der Waals surface area contributed by atoms with Crippen LogP contribution in [0.3, 0.4) is 0 Å². The summed E-state index contributed by atoms with van der Waals surface area (Å²) in [7, 11) is 0. The van der Waals surface area contributed by atoms with E-state index in [1.165, 1.54) is 4.57 Å². The maximum atomic E-state index is 13.3. The monoisotopic (exact) mass is 366 g/mol. The molecule has 0 saturated carbocycles. The summed E-state index contributed by atoms with van der Waals surface area (Å²) in [4.78, 5) is 30.7. The third kappa shape index (κ3) is 3.25. The standard InChI is InChI=1S/C20H22N4O3/c1-13-7-9-15(10-8-13)12-24-19(25)17(18-21-14(2)27-22-18)16-6-4-3-5-11-23(16)20(24)26/h7-10H,3-6,11-12H2,1-2H3. The number of nitrogens with zero attached hydrogens (tertiary/aromatic N) is 4.